The van der Waals surface area contributed by atoms with Gasteiger partial charge in [-0.1, -0.05) is 66.5 Å². The lowest BCUT2D eigenvalue weighted by molar-refractivity contribution is -0.143. The highest BCUT2D eigenvalue weighted by Crippen LogP contribution is 2.27. The van der Waals surface area contributed by atoms with Crippen molar-refractivity contribution in [3.05, 3.63) is 99.8 Å². The molecule has 3 rings (SSSR count). The molecule has 3 aromatic carbocycles. The fourth-order valence-electron chi connectivity index (χ4n) is 3.61. The van der Waals surface area contributed by atoms with Crippen molar-refractivity contribution >= 4 is 35.0 Å². The number of hydrogen-bond acceptors (Lipinski definition) is 3. The number of halogens is 3. The normalized spacial score (nSPS) is 12.5. The molecule has 0 aliphatic heterocycles. The van der Waals surface area contributed by atoms with Gasteiger partial charge in [0.05, 0.1) is 0 Å². The van der Waals surface area contributed by atoms with Gasteiger partial charge in [-0.05, 0) is 55.3 Å². The monoisotopic (exact) mass is 530 g/mol. The van der Waals surface area contributed by atoms with Crippen LogP contribution in [0.1, 0.15) is 31.4 Å². The molecular weight excluding hydrogens is 502 g/mol. The van der Waals surface area contributed by atoms with Gasteiger partial charge in [-0.2, -0.15) is 0 Å². The Morgan fingerprint density at radius 2 is 1.61 bits per heavy atom. The van der Waals surface area contributed by atoms with Crippen molar-refractivity contribution in [2.45, 2.75) is 45.3 Å². The molecule has 0 saturated carbocycles. The number of benzene rings is 3. The van der Waals surface area contributed by atoms with E-state index in [4.69, 9.17) is 27.9 Å². The van der Waals surface area contributed by atoms with Crippen LogP contribution in [0.3, 0.4) is 0 Å². The van der Waals surface area contributed by atoms with Crippen LogP contribution in [-0.2, 0) is 22.6 Å². The van der Waals surface area contributed by atoms with E-state index in [0.29, 0.717) is 21.4 Å². The van der Waals surface area contributed by atoms with E-state index in [1.165, 1.54) is 29.2 Å². The quantitative estimate of drug-likeness (QED) is 0.327. The van der Waals surface area contributed by atoms with Crippen molar-refractivity contribution in [2.75, 3.05) is 6.61 Å². The molecule has 0 saturated heterocycles. The molecule has 3 aromatic rings. The Labute approximate surface area is 221 Å². The first-order valence-electron chi connectivity index (χ1n) is 11.7. The van der Waals surface area contributed by atoms with Gasteiger partial charge in [0.1, 0.15) is 17.6 Å². The molecule has 0 aliphatic carbocycles. The van der Waals surface area contributed by atoms with Crippen LogP contribution in [0.5, 0.6) is 5.75 Å². The fourth-order valence-corrected chi connectivity index (χ4v) is 4.12. The maximum absolute atomic E-state index is 13.6. The summed E-state index contributed by atoms with van der Waals surface area (Å²) in [5.41, 5.74) is 1.43. The summed E-state index contributed by atoms with van der Waals surface area (Å²) in [4.78, 5) is 28.5. The van der Waals surface area contributed by atoms with Gasteiger partial charge in [0.25, 0.3) is 5.91 Å². The molecule has 2 amide bonds. The van der Waals surface area contributed by atoms with E-state index in [0.717, 1.165) is 12.0 Å². The summed E-state index contributed by atoms with van der Waals surface area (Å²) in [7, 11) is 0. The van der Waals surface area contributed by atoms with Gasteiger partial charge < -0.3 is 15.0 Å². The number of nitrogens with one attached hydrogen (secondary N) is 1. The third kappa shape index (κ3) is 7.70. The zero-order chi connectivity index (χ0) is 26.1. The van der Waals surface area contributed by atoms with Crippen LogP contribution < -0.4 is 10.1 Å². The molecule has 0 aliphatic rings. The van der Waals surface area contributed by atoms with Crippen molar-refractivity contribution in [2.24, 2.45) is 0 Å². The van der Waals surface area contributed by atoms with Crippen molar-refractivity contribution in [1.29, 1.82) is 0 Å². The molecule has 0 spiro atoms. The second-order valence-corrected chi connectivity index (χ2v) is 9.30. The van der Waals surface area contributed by atoms with Gasteiger partial charge >= 0.3 is 0 Å². The van der Waals surface area contributed by atoms with Crippen molar-refractivity contribution in [3.63, 3.8) is 0 Å². The van der Waals surface area contributed by atoms with Gasteiger partial charge in [0.15, 0.2) is 6.61 Å². The Morgan fingerprint density at radius 3 is 2.22 bits per heavy atom. The first-order valence-corrected chi connectivity index (χ1v) is 12.5. The number of hydrogen-bond donors (Lipinski definition) is 1. The van der Waals surface area contributed by atoms with E-state index in [1.54, 1.807) is 18.2 Å². The third-order valence-electron chi connectivity index (χ3n) is 5.84. The summed E-state index contributed by atoms with van der Waals surface area (Å²) in [6.07, 6.45) is 1.02. The molecule has 0 fully saturated rings. The summed E-state index contributed by atoms with van der Waals surface area (Å²) in [6.45, 7) is 3.54. The minimum absolute atomic E-state index is 0.00947. The molecule has 0 radical (unpaired) electrons. The molecule has 1 N–H and O–H groups in total. The number of ether oxygens (including phenoxy) is 1. The van der Waals surface area contributed by atoms with Crippen LogP contribution in [0.15, 0.2) is 72.8 Å². The van der Waals surface area contributed by atoms with E-state index in [2.05, 4.69) is 5.32 Å². The average Bonchev–Trinajstić information content (AvgIpc) is 2.87. The predicted molar refractivity (Wildman–Crippen MR) is 141 cm³/mol. The molecule has 5 nitrogen and oxygen atoms in total. The number of amides is 2. The Bertz CT molecular complexity index is 1140. The topological polar surface area (TPSA) is 58.6 Å². The molecule has 0 aromatic heterocycles. The molecule has 190 valence electrons. The van der Waals surface area contributed by atoms with Crippen LogP contribution in [0.2, 0.25) is 10.0 Å². The Morgan fingerprint density at radius 1 is 0.972 bits per heavy atom. The van der Waals surface area contributed by atoms with Crippen molar-refractivity contribution < 1.29 is 18.7 Å². The average molecular weight is 531 g/mol. The number of carbonyl (C=O) groups excluding carboxylic acids is 2. The van der Waals surface area contributed by atoms with Gasteiger partial charge in [-0.15, -0.1) is 0 Å². The molecule has 0 bridgehead atoms. The van der Waals surface area contributed by atoms with E-state index in [9.17, 15) is 14.0 Å². The zero-order valence-electron chi connectivity index (χ0n) is 20.2. The number of nitrogens with zero attached hydrogens (tertiary/aromatic N) is 1. The maximum Gasteiger partial charge on any atom is 0.261 e. The molecule has 0 heterocycles. The van der Waals surface area contributed by atoms with Crippen LogP contribution in [0, 0.1) is 5.82 Å². The van der Waals surface area contributed by atoms with Crippen LogP contribution in [0.25, 0.3) is 0 Å². The van der Waals surface area contributed by atoms with Gasteiger partial charge in [-0.25, -0.2) is 4.39 Å². The fraction of sp³-hybridized carbons (Fsp3) is 0.286. The van der Waals surface area contributed by atoms with Crippen molar-refractivity contribution in [3.8, 4) is 5.75 Å². The van der Waals surface area contributed by atoms with E-state index in [1.807, 2.05) is 44.2 Å². The van der Waals surface area contributed by atoms with Gasteiger partial charge in [0.2, 0.25) is 5.91 Å². The largest absolute Gasteiger partial charge is 0.484 e. The molecular formula is C28H29Cl2FN2O3. The standard InChI is InChI=1S/C28H29Cl2FN2O3/c1-3-19(2)32-28(35)26(16-20-8-5-4-6-9-20)33(17-23-24(29)10-7-11-25(23)30)27(34)18-36-22-14-12-21(31)13-15-22/h4-15,19,26H,3,16-18H2,1-2H3,(H,32,35)/t19-,26+/m1/s1. The molecule has 2 atom stereocenters. The predicted octanol–water partition coefficient (Wildman–Crippen LogP) is 6.07. The van der Waals surface area contributed by atoms with Crippen molar-refractivity contribution in [1.82, 2.24) is 10.2 Å². The van der Waals surface area contributed by atoms with E-state index < -0.39 is 17.8 Å². The molecule has 0 unspecified atom stereocenters. The van der Waals surface area contributed by atoms with E-state index >= 15 is 0 Å². The summed E-state index contributed by atoms with van der Waals surface area (Å²) in [5.74, 6) is -0.792. The highest BCUT2D eigenvalue weighted by Gasteiger charge is 2.32. The SMILES string of the molecule is CC[C@@H](C)NC(=O)[C@H](Cc1ccccc1)N(Cc1c(Cl)cccc1Cl)C(=O)COc1ccc(F)cc1. The van der Waals surface area contributed by atoms with Crippen LogP contribution >= 0.6 is 23.2 Å². The number of carbonyl (C=O) groups is 2. The minimum atomic E-state index is -0.849. The van der Waals surface area contributed by atoms with Gasteiger partial charge in [-0.3, -0.25) is 9.59 Å². The summed E-state index contributed by atoms with van der Waals surface area (Å²) < 4.78 is 18.9. The Hall–Kier alpha value is -3.09. The molecule has 8 heteroatoms. The second kappa shape index (κ2) is 13.3. The maximum atomic E-state index is 13.6. The molecule has 36 heavy (non-hydrogen) atoms. The third-order valence-corrected chi connectivity index (χ3v) is 6.55. The number of rotatable bonds is 11. The van der Waals surface area contributed by atoms with Crippen LogP contribution in [-0.4, -0.2) is 35.4 Å². The van der Waals surface area contributed by atoms with Gasteiger partial charge in [0, 0.05) is 34.6 Å². The van der Waals surface area contributed by atoms with Crippen LogP contribution in [0.4, 0.5) is 4.39 Å². The Balaban J connectivity index is 1.95. The lowest BCUT2D eigenvalue weighted by Crippen LogP contribution is -2.53. The summed E-state index contributed by atoms with van der Waals surface area (Å²) in [6, 6.07) is 19.0. The smallest absolute Gasteiger partial charge is 0.261 e. The lowest BCUT2D eigenvalue weighted by Gasteiger charge is -2.32. The zero-order valence-corrected chi connectivity index (χ0v) is 21.7. The first-order chi connectivity index (χ1) is 17.3. The second-order valence-electron chi connectivity index (χ2n) is 8.49. The lowest BCUT2D eigenvalue weighted by atomic mass is 10.0. The summed E-state index contributed by atoms with van der Waals surface area (Å²) >= 11 is 12.9. The summed E-state index contributed by atoms with van der Waals surface area (Å²) in [5, 5.41) is 3.78. The first kappa shape index (κ1) is 27.5. The van der Waals surface area contributed by atoms with E-state index in [-0.39, 0.29) is 31.5 Å². The Kier molecular flexibility index (Phi) is 10.1. The highest BCUT2D eigenvalue weighted by molar-refractivity contribution is 6.36. The minimum Gasteiger partial charge on any atom is -0.484 e. The highest BCUT2D eigenvalue weighted by atomic mass is 35.5.